The molecule has 5 heteroatoms. The van der Waals surface area contributed by atoms with Crippen LogP contribution in [0.4, 0.5) is 5.69 Å². The van der Waals surface area contributed by atoms with Crippen molar-refractivity contribution in [3.8, 4) is 11.3 Å². The number of aryl methyl sites for hydroxylation is 1. The predicted molar refractivity (Wildman–Crippen MR) is 106 cm³/mol. The van der Waals surface area contributed by atoms with Gasteiger partial charge in [0.2, 0.25) is 0 Å². The molecular weight excluding hydrogens is 322 g/mol. The zero-order valence-electron chi connectivity index (χ0n) is 14.3. The highest BCUT2D eigenvalue weighted by Gasteiger charge is 2.21. The van der Waals surface area contributed by atoms with Crippen LogP contribution in [0.25, 0.3) is 33.1 Å². The molecule has 0 amide bonds. The van der Waals surface area contributed by atoms with Crippen LogP contribution in [-0.4, -0.2) is 21.4 Å². The van der Waals surface area contributed by atoms with Crippen molar-refractivity contribution in [1.82, 2.24) is 15.2 Å². The van der Waals surface area contributed by atoms with Gasteiger partial charge in [0.1, 0.15) is 0 Å². The van der Waals surface area contributed by atoms with Gasteiger partial charge >= 0.3 is 0 Å². The van der Waals surface area contributed by atoms with E-state index in [1.54, 1.807) is 0 Å². The summed E-state index contributed by atoms with van der Waals surface area (Å²) in [6.07, 6.45) is 7.56. The van der Waals surface area contributed by atoms with Gasteiger partial charge in [0, 0.05) is 33.8 Å². The Morgan fingerprint density at radius 1 is 1.08 bits per heavy atom. The largest absolute Gasteiger partial charge is 0.398 e. The summed E-state index contributed by atoms with van der Waals surface area (Å²) in [4.78, 5) is 5.01. The summed E-state index contributed by atoms with van der Waals surface area (Å²) in [7, 11) is 0. The topological polar surface area (TPSA) is 91.4 Å². The van der Waals surface area contributed by atoms with E-state index in [1.165, 1.54) is 23.8 Å². The first kappa shape index (κ1) is 15.1. The summed E-state index contributed by atoms with van der Waals surface area (Å²) >= 11 is 0. The van der Waals surface area contributed by atoms with Crippen LogP contribution in [0.1, 0.15) is 29.5 Å². The Labute approximate surface area is 150 Å². The number of hydrogen-bond donors (Lipinski definition) is 3. The molecule has 5 rings (SSSR count). The maximum atomic E-state index is 7.83. The van der Waals surface area contributed by atoms with Crippen molar-refractivity contribution in [2.75, 3.05) is 5.73 Å². The molecule has 2 aromatic heterocycles. The first-order valence-corrected chi connectivity index (χ1v) is 8.94. The summed E-state index contributed by atoms with van der Waals surface area (Å²) < 4.78 is 0. The molecule has 1 aliphatic carbocycles. The van der Waals surface area contributed by atoms with Gasteiger partial charge < -0.3 is 11.1 Å². The second-order valence-electron chi connectivity index (χ2n) is 6.90. The number of aromatic amines is 1. The molecule has 2 heterocycles. The first-order chi connectivity index (χ1) is 12.8. The van der Waals surface area contributed by atoms with Gasteiger partial charge in [-0.3, -0.25) is 5.10 Å². The van der Waals surface area contributed by atoms with Crippen molar-refractivity contribution < 1.29 is 0 Å². The number of rotatable bonds is 2. The molecule has 1 aliphatic rings. The maximum absolute atomic E-state index is 7.83. The van der Waals surface area contributed by atoms with Crippen LogP contribution < -0.4 is 5.73 Å². The lowest BCUT2D eigenvalue weighted by atomic mass is 9.85. The fourth-order valence-corrected chi connectivity index (χ4v) is 4.14. The molecule has 4 aromatic rings. The van der Waals surface area contributed by atoms with Gasteiger partial charge in [0.15, 0.2) is 0 Å². The first-order valence-electron chi connectivity index (χ1n) is 8.94. The van der Waals surface area contributed by atoms with Crippen LogP contribution in [0.3, 0.4) is 0 Å². The minimum atomic E-state index is 0.647. The number of pyridine rings is 1. The molecule has 5 nitrogen and oxygen atoms in total. The number of H-pyrrole nitrogens is 1. The van der Waals surface area contributed by atoms with Crippen LogP contribution in [0.2, 0.25) is 0 Å². The van der Waals surface area contributed by atoms with E-state index in [4.69, 9.17) is 16.1 Å². The number of fused-ring (bicyclic) bond motifs is 4. The van der Waals surface area contributed by atoms with Gasteiger partial charge in [-0.25, -0.2) is 4.98 Å². The molecule has 0 bridgehead atoms. The SMILES string of the molecule is N=Cc1c(N)ccc2nc(-c3ccc4cn[nH]c4c3)c3c(c12)CCCC3. The molecule has 26 heavy (non-hydrogen) atoms. The lowest BCUT2D eigenvalue weighted by molar-refractivity contribution is 0.689. The van der Waals surface area contributed by atoms with Crippen LogP contribution in [0.5, 0.6) is 0 Å². The molecule has 0 saturated carbocycles. The molecule has 0 radical (unpaired) electrons. The number of nitrogens with two attached hydrogens (primary N) is 1. The number of nitrogen functional groups attached to an aromatic ring is 1. The Bertz CT molecular complexity index is 1170. The van der Waals surface area contributed by atoms with Gasteiger partial charge in [-0.1, -0.05) is 12.1 Å². The summed E-state index contributed by atoms with van der Waals surface area (Å²) in [5.41, 5.74) is 14.3. The summed E-state index contributed by atoms with van der Waals surface area (Å²) in [6, 6.07) is 10.2. The number of anilines is 1. The van der Waals surface area contributed by atoms with Gasteiger partial charge in [0.05, 0.1) is 22.9 Å². The smallest absolute Gasteiger partial charge is 0.0745 e. The number of nitrogens with one attached hydrogen (secondary N) is 2. The van der Waals surface area contributed by atoms with E-state index in [1.807, 2.05) is 18.3 Å². The van der Waals surface area contributed by atoms with E-state index in [9.17, 15) is 0 Å². The summed E-state index contributed by atoms with van der Waals surface area (Å²) in [5, 5.41) is 17.2. The zero-order valence-corrected chi connectivity index (χ0v) is 14.3. The average Bonchev–Trinajstić information content (AvgIpc) is 3.15. The highest BCUT2D eigenvalue weighted by molar-refractivity contribution is 6.05. The monoisotopic (exact) mass is 341 g/mol. The van der Waals surface area contributed by atoms with E-state index in [0.29, 0.717) is 5.69 Å². The van der Waals surface area contributed by atoms with Gasteiger partial charge in [-0.2, -0.15) is 5.10 Å². The number of aromatic nitrogens is 3. The molecule has 2 aromatic carbocycles. The number of nitrogens with zero attached hydrogens (tertiary/aromatic N) is 2. The van der Waals surface area contributed by atoms with Crippen LogP contribution in [0, 0.1) is 5.41 Å². The van der Waals surface area contributed by atoms with Crippen LogP contribution in [-0.2, 0) is 12.8 Å². The number of hydrogen-bond acceptors (Lipinski definition) is 4. The van der Waals surface area contributed by atoms with E-state index < -0.39 is 0 Å². The molecule has 0 spiro atoms. The van der Waals surface area contributed by atoms with Gasteiger partial charge in [-0.05, 0) is 55.0 Å². The van der Waals surface area contributed by atoms with E-state index in [0.717, 1.165) is 57.9 Å². The quantitative estimate of drug-likeness (QED) is 0.376. The number of benzene rings is 2. The Hall–Kier alpha value is -3.21. The minimum absolute atomic E-state index is 0.647. The van der Waals surface area contributed by atoms with Crippen molar-refractivity contribution >= 4 is 33.7 Å². The van der Waals surface area contributed by atoms with E-state index >= 15 is 0 Å². The Morgan fingerprint density at radius 2 is 1.92 bits per heavy atom. The third-order valence-corrected chi connectivity index (χ3v) is 5.40. The van der Waals surface area contributed by atoms with Crippen LogP contribution in [0.15, 0.2) is 36.5 Å². The second kappa shape index (κ2) is 5.66. The van der Waals surface area contributed by atoms with E-state index in [-0.39, 0.29) is 0 Å². The molecule has 4 N–H and O–H groups in total. The molecular formula is C21H19N5. The molecule has 0 saturated heterocycles. The normalized spacial score (nSPS) is 13.8. The van der Waals surface area contributed by atoms with Crippen molar-refractivity contribution in [3.63, 3.8) is 0 Å². The average molecular weight is 341 g/mol. The summed E-state index contributed by atoms with van der Waals surface area (Å²) in [5.74, 6) is 0. The standard InChI is InChI=1S/C21H19N5/c22-10-16-17(23)7-8-18-20(16)14-3-1-2-4-15(14)21(25-18)12-5-6-13-11-24-26-19(13)9-12/h5-11,22H,1-4,23H2,(H,24,26). The molecule has 0 aliphatic heterocycles. The molecule has 128 valence electrons. The Balaban J connectivity index is 1.86. The second-order valence-corrected chi connectivity index (χ2v) is 6.90. The van der Waals surface area contributed by atoms with Crippen molar-refractivity contribution in [2.24, 2.45) is 0 Å². The molecule has 0 atom stereocenters. The van der Waals surface area contributed by atoms with Gasteiger partial charge in [-0.15, -0.1) is 0 Å². The Morgan fingerprint density at radius 3 is 2.77 bits per heavy atom. The lowest BCUT2D eigenvalue weighted by Gasteiger charge is -2.22. The molecule has 0 fully saturated rings. The zero-order chi connectivity index (χ0) is 17.7. The van der Waals surface area contributed by atoms with Crippen LogP contribution >= 0.6 is 0 Å². The van der Waals surface area contributed by atoms with E-state index in [2.05, 4.69) is 28.4 Å². The highest BCUT2D eigenvalue weighted by atomic mass is 15.1. The summed E-state index contributed by atoms with van der Waals surface area (Å²) in [6.45, 7) is 0. The van der Waals surface area contributed by atoms with Crippen molar-refractivity contribution in [2.45, 2.75) is 25.7 Å². The fraction of sp³-hybridized carbons (Fsp3) is 0.190. The molecule has 0 unspecified atom stereocenters. The lowest BCUT2D eigenvalue weighted by Crippen LogP contribution is -2.09. The maximum Gasteiger partial charge on any atom is 0.0745 e. The van der Waals surface area contributed by atoms with Crippen molar-refractivity contribution in [3.05, 3.63) is 53.2 Å². The highest BCUT2D eigenvalue weighted by Crippen LogP contribution is 2.37. The third-order valence-electron chi connectivity index (χ3n) is 5.40. The van der Waals surface area contributed by atoms with Crippen molar-refractivity contribution in [1.29, 1.82) is 5.41 Å². The minimum Gasteiger partial charge on any atom is -0.398 e. The third kappa shape index (κ3) is 2.13. The fourth-order valence-electron chi connectivity index (χ4n) is 4.14. The van der Waals surface area contributed by atoms with Gasteiger partial charge in [0.25, 0.3) is 0 Å². The predicted octanol–water partition coefficient (Wildman–Crippen LogP) is 4.24. The Kier molecular flexibility index (Phi) is 3.28.